The summed E-state index contributed by atoms with van der Waals surface area (Å²) in [6.07, 6.45) is 4.84. The van der Waals surface area contributed by atoms with Crippen molar-refractivity contribution < 1.29 is 19.4 Å². The first-order valence-electron chi connectivity index (χ1n) is 8.49. The van der Waals surface area contributed by atoms with Gasteiger partial charge in [-0.2, -0.15) is 0 Å². The molecule has 0 bridgehead atoms. The fourth-order valence-corrected chi connectivity index (χ4v) is 3.27. The number of hydrogen-bond acceptors (Lipinski definition) is 5. The van der Waals surface area contributed by atoms with Gasteiger partial charge in [-0.15, -0.1) is 0 Å². The van der Waals surface area contributed by atoms with Gasteiger partial charge in [0.25, 0.3) is 0 Å². The van der Waals surface area contributed by atoms with E-state index in [1.165, 1.54) is 7.11 Å². The molecule has 2 aromatic rings. The van der Waals surface area contributed by atoms with Crippen molar-refractivity contribution in [3.63, 3.8) is 0 Å². The first-order valence-corrected chi connectivity index (χ1v) is 8.49. The highest BCUT2D eigenvalue weighted by molar-refractivity contribution is 5.89. The molecule has 0 radical (unpaired) electrons. The fraction of sp³-hybridized carbons (Fsp3) is 0.368. The highest BCUT2D eigenvalue weighted by Gasteiger charge is 2.27. The van der Waals surface area contributed by atoms with E-state index in [1.54, 1.807) is 30.6 Å². The summed E-state index contributed by atoms with van der Waals surface area (Å²) in [6, 6.07) is 6.71. The molecular weight excluding hydrogens is 334 g/mol. The second-order valence-corrected chi connectivity index (χ2v) is 6.37. The molecule has 0 saturated carbocycles. The standard InChI is InChI=1S/C19H21N3O4/c1-26-12-17(23)22-8-5-13(11-22)9-16-18(21-7-6-20-16)14-3-2-4-15(10-14)19(24)25/h2-4,6-7,10,13H,5,8-9,11-12H2,1H3,(H,24,25)/t13-/m1/s1. The van der Waals surface area contributed by atoms with Crippen molar-refractivity contribution in [2.45, 2.75) is 12.8 Å². The number of ether oxygens (including phenoxy) is 1. The van der Waals surface area contributed by atoms with E-state index in [-0.39, 0.29) is 18.1 Å². The van der Waals surface area contributed by atoms with E-state index in [0.29, 0.717) is 24.6 Å². The van der Waals surface area contributed by atoms with Gasteiger partial charge in [-0.1, -0.05) is 12.1 Å². The first-order chi connectivity index (χ1) is 12.6. The van der Waals surface area contributed by atoms with E-state index in [2.05, 4.69) is 9.97 Å². The summed E-state index contributed by atoms with van der Waals surface area (Å²) in [7, 11) is 1.52. The zero-order valence-electron chi connectivity index (χ0n) is 14.6. The van der Waals surface area contributed by atoms with Gasteiger partial charge in [-0.3, -0.25) is 14.8 Å². The van der Waals surface area contributed by atoms with Crippen LogP contribution in [0.5, 0.6) is 0 Å². The molecule has 0 spiro atoms. The third-order valence-electron chi connectivity index (χ3n) is 4.55. The molecule has 1 aromatic heterocycles. The molecule has 1 aliphatic heterocycles. The molecule has 1 fully saturated rings. The number of rotatable bonds is 6. The van der Waals surface area contributed by atoms with Gasteiger partial charge in [0, 0.05) is 38.2 Å². The number of benzene rings is 1. The summed E-state index contributed by atoms with van der Waals surface area (Å²) in [5.41, 5.74) is 2.47. The lowest BCUT2D eigenvalue weighted by molar-refractivity contribution is -0.134. The van der Waals surface area contributed by atoms with E-state index in [1.807, 2.05) is 11.0 Å². The van der Waals surface area contributed by atoms with Crippen LogP contribution in [0.1, 0.15) is 22.5 Å². The van der Waals surface area contributed by atoms with Crippen LogP contribution in [0.2, 0.25) is 0 Å². The number of carboxylic acids is 1. The van der Waals surface area contributed by atoms with Crippen LogP contribution in [0, 0.1) is 5.92 Å². The van der Waals surface area contributed by atoms with Gasteiger partial charge in [-0.05, 0) is 30.9 Å². The summed E-state index contributed by atoms with van der Waals surface area (Å²) < 4.78 is 4.92. The summed E-state index contributed by atoms with van der Waals surface area (Å²) in [5, 5.41) is 9.20. The highest BCUT2D eigenvalue weighted by atomic mass is 16.5. The Kier molecular flexibility index (Phi) is 5.58. The summed E-state index contributed by atoms with van der Waals surface area (Å²) in [5.74, 6) is -0.669. The Balaban J connectivity index is 1.77. The first kappa shape index (κ1) is 18.0. The minimum absolute atomic E-state index is 0.00327. The molecule has 1 aliphatic rings. The second kappa shape index (κ2) is 8.05. The van der Waals surface area contributed by atoms with Crippen molar-refractivity contribution in [1.29, 1.82) is 0 Å². The molecule has 7 nitrogen and oxygen atoms in total. The predicted molar refractivity (Wildman–Crippen MR) is 94.7 cm³/mol. The Morgan fingerprint density at radius 1 is 1.31 bits per heavy atom. The van der Waals surface area contributed by atoms with Crippen molar-refractivity contribution >= 4 is 11.9 Å². The smallest absolute Gasteiger partial charge is 0.335 e. The molecule has 0 aliphatic carbocycles. The van der Waals surface area contributed by atoms with E-state index < -0.39 is 5.97 Å². The fourth-order valence-electron chi connectivity index (χ4n) is 3.27. The van der Waals surface area contributed by atoms with Gasteiger partial charge in [0.1, 0.15) is 6.61 Å². The molecule has 2 heterocycles. The molecule has 3 rings (SSSR count). The van der Waals surface area contributed by atoms with Gasteiger partial charge >= 0.3 is 5.97 Å². The maximum absolute atomic E-state index is 12.0. The van der Waals surface area contributed by atoms with E-state index in [4.69, 9.17) is 4.74 Å². The van der Waals surface area contributed by atoms with Gasteiger partial charge in [-0.25, -0.2) is 4.79 Å². The average molecular weight is 355 g/mol. The molecule has 1 amide bonds. The normalized spacial score (nSPS) is 16.7. The quantitative estimate of drug-likeness (QED) is 0.850. The van der Waals surface area contributed by atoms with Crippen LogP contribution in [0.25, 0.3) is 11.3 Å². The lowest BCUT2D eigenvalue weighted by Crippen LogP contribution is -2.31. The van der Waals surface area contributed by atoms with Crippen LogP contribution in [-0.2, 0) is 16.0 Å². The average Bonchev–Trinajstić information content (AvgIpc) is 3.11. The van der Waals surface area contributed by atoms with Gasteiger partial charge in [0.15, 0.2) is 0 Å². The van der Waals surface area contributed by atoms with Crippen molar-refractivity contribution in [3.05, 3.63) is 47.9 Å². The SMILES string of the molecule is COCC(=O)N1CC[C@H](Cc2nccnc2-c2cccc(C(=O)O)c2)C1. The number of aromatic nitrogens is 2. The Morgan fingerprint density at radius 2 is 2.12 bits per heavy atom. The van der Waals surface area contributed by atoms with Crippen molar-refractivity contribution in [1.82, 2.24) is 14.9 Å². The van der Waals surface area contributed by atoms with Crippen LogP contribution >= 0.6 is 0 Å². The Labute approximate surface area is 151 Å². The summed E-state index contributed by atoms with van der Waals surface area (Å²) in [6.45, 7) is 1.50. The molecule has 26 heavy (non-hydrogen) atoms. The minimum atomic E-state index is -0.972. The van der Waals surface area contributed by atoms with Gasteiger partial charge in [0.2, 0.25) is 5.91 Å². The Hall–Kier alpha value is -2.80. The van der Waals surface area contributed by atoms with E-state index in [9.17, 15) is 14.7 Å². The van der Waals surface area contributed by atoms with E-state index >= 15 is 0 Å². The zero-order chi connectivity index (χ0) is 18.5. The number of likely N-dealkylation sites (tertiary alicyclic amines) is 1. The van der Waals surface area contributed by atoms with Crippen molar-refractivity contribution in [3.8, 4) is 11.3 Å². The summed E-state index contributed by atoms with van der Waals surface area (Å²) in [4.78, 5) is 33.9. The van der Waals surface area contributed by atoms with E-state index in [0.717, 1.165) is 24.2 Å². The maximum Gasteiger partial charge on any atom is 0.335 e. The molecule has 1 saturated heterocycles. The number of nitrogens with zero attached hydrogens (tertiary/aromatic N) is 3. The number of carboxylic acid groups (broad SMARTS) is 1. The predicted octanol–water partition coefficient (Wildman–Crippen LogP) is 1.88. The lowest BCUT2D eigenvalue weighted by Gasteiger charge is -2.16. The van der Waals surface area contributed by atoms with Gasteiger partial charge < -0.3 is 14.7 Å². The molecular formula is C19H21N3O4. The number of hydrogen-bond donors (Lipinski definition) is 1. The number of aromatic carboxylic acids is 1. The second-order valence-electron chi connectivity index (χ2n) is 6.37. The van der Waals surface area contributed by atoms with Crippen LogP contribution in [-0.4, -0.2) is 58.7 Å². The number of amides is 1. The van der Waals surface area contributed by atoms with Crippen LogP contribution in [0.3, 0.4) is 0 Å². The van der Waals surface area contributed by atoms with Crippen molar-refractivity contribution in [2.24, 2.45) is 5.92 Å². The third-order valence-corrected chi connectivity index (χ3v) is 4.55. The largest absolute Gasteiger partial charge is 0.478 e. The van der Waals surface area contributed by atoms with Crippen LogP contribution < -0.4 is 0 Å². The maximum atomic E-state index is 12.0. The zero-order valence-corrected chi connectivity index (χ0v) is 14.6. The number of carbonyl (C=O) groups is 2. The van der Waals surface area contributed by atoms with Gasteiger partial charge in [0.05, 0.1) is 17.0 Å². The molecule has 1 aromatic carbocycles. The lowest BCUT2D eigenvalue weighted by atomic mass is 9.98. The monoisotopic (exact) mass is 355 g/mol. The topological polar surface area (TPSA) is 92.6 Å². The molecule has 1 N–H and O–H groups in total. The number of methoxy groups -OCH3 is 1. The molecule has 7 heteroatoms. The summed E-state index contributed by atoms with van der Waals surface area (Å²) >= 11 is 0. The molecule has 1 atom stereocenters. The Bertz CT molecular complexity index is 809. The third kappa shape index (κ3) is 4.05. The molecule has 136 valence electrons. The van der Waals surface area contributed by atoms with Crippen molar-refractivity contribution in [2.75, 3.05) is 26.8 Å². The molecule has 0 unspecified atom stereocenters. The Morgan fingerprint density at radius 3 is 2.88 bits per heavy atom. The minimum Gasteiger partial charge on any atom is -0.478 e. The van der Waals surface area contributed by atoms with Crippen LogP contribution in [0.4, 0.5) is 0 Å². The number of carbonyl (C=O) groups excluding carboxylic acids is 1. The highest BCUT2D eigenvalue weighted by Crippen LogP contribution is 2.26. The van der Waals surface area contributed by atoms with Crippen LogP contribution in [0.15, 0.2) is 36.7 Å².